The molecule has 4 aliphatic carbocycles. The van der Waals surface area contributed by atoms with Gasteiger partial charge in [-0.15, -0.1) is 0 Å². The second kappa shape index (κ2) is 6.99. The van der Waals surface area contributed by atoms with E-state index in [1.165, 1.54) is 24.8 Å². The van der Waals surface area contributed by atoms with Crippen LogP contribution in [-0.2, 0) is 14.3 Å². The van der Waals surface area contributed by atoms with Crippen LogP contribution < -0.4 is 0 Å². The summed E-state index contributed by atoms with van der Waals surface area (Å²) in [6.07, 6.45) is 11.2. The van der Waals surface area contributed by atoms with Crippen molar-refractivity contribution in [1.82, 2.24) is 0 Å². The highest BCUT2D eigenvalue weighted by atomic mass is 16.5. The molecule has 0 aliphatic heterocycles. The quantitative estimate of drug-likeness (QED) is 0.383. The Kier molecular flexibility index (Phi) is 4.99. The molecule has 4 nitrogen and oxygen atoms in total. The third kappa shape index (κ3) is 2.92. The van der Waals surface area contributed by atoms with Crippen LogP contribution in [0.1, 0.15) is 78.6 Å². The predicted octanol–water partition coefficient (Wildman–Crippen LogP) is 5.53. The summed E-state index contributed by atoms with van der Waals surface area (Å²) in [5.41, 5.74) is 1.36. The lowest BCUT2D eigenvalue weighted by molar-refractivity contribution is -0.195. The number of ether oxygens (including phenoxy) is 1. The van der Waals surface area contributed by atoms with Gasteiger partial charge in [-0.3, -0.25) is 4.79 Å². The lowest BCUT2D eigenvalue weighted by Crippen LogP contribution is -2.60. The van der Waals surface area contributed by atoms with E-state index < -0.39 is 11.4 Å². The van der Waals surface area contributed by atoms with Gasteiger partial charge in [0.05, 0.1) is 0 Å². The van der Waals surface area contributed by atoms with Crippen molar-refractivity contribution in [3.63, 3.8) is 0 Å². The first kappa shape index (κ1) is 20.7. The molecule has 4 rings (SSSR count). The largest absolute Gasteiger partial charge is 0.481 e. The average molecular weight is 401 g/mol. The Hall–Kier alpha value is -1.58. The summed E-state index contributed by atoms with van der Waals surface area (Å²) in [5, 5.41) is 10.4. The number of hydrogen-bond acceptors (Lipinski definition) is 3. The minimum Gasteiger partial charge on any atom is -0.481 e. The van der Waals surface area contributed by atoms with Crippen LogP contribution in [0.25, 0.3) is 0 Å². The molecule has 0 aromatic carbocycles. The first-order valence-corrected chi connectivity index (χ1v) is 11.4. The number of allylic oxidation sites excluding steroid dienone is 2. The van der Waals surface area contributed by atoms with Crippen molar-refractivity contribution < 1.29 is 19.4 Å². The van der Waals surface area contributed by atoms with Gasteiger partial charge in [-0.25, -0.2) is 4.79 Å². The van der Waals surface area contributed by atoms with Crippen LogP contribution in [0.3, 0.4) is 0 Å². The van der Waals surface area contributed by atoms with Gasteiger partial charge in [0.2, 0.25) is 0 Å². The molecule has 4 aliphatic rings. The van der Waals surface area contributed by atoms with Gasteiger partial charge in [0.1, 0.15) is 12.0 Å². The van der Waals surface area contributed by atoms with Crippen LogP contribution in [0.5, 0.6) is 0 Å². The molecule has 4 saturated carbocycles. The lowest BCUT2D eigenvalue weighted by atomic mass is 9.41. The van der Waals surface area contributed by atoms with E-state index >= 15 is 0 Å². The van der Waals surface area contributed by atoms with Crippen molar-refractivity contribution in [2.75, 3.05) is 6.61 Å². The highest BCUT2D eigenvalue weighted by Gasteiger charge is 2.66. The summed E-state index contributed by atoms with van der Waals surface area (Å²) in [5.74, 6) is 0.154. The molecule has 0 radical (unpaired) electrons. The Balaban J connectivity index is 1.65. The van der Waals surface area contributed by atoms with Crippen molar-refractivity contribution in [1.29, 1.82) is 0 Å². The number of aliphatic carboxylic acids is 1. The van der Waals surface area contributed by atoms with Gasteiger partial charge < -0.3 is 9.84 Å². The van der Waals surface area contributed by atoms with Gasteiger partial charge >= 0.3 is 11.9 Å². The summed E-state index contributed by atoms with van der Waals surface area (Å²) in [7, 11) is 0. The molecule has 0 saturated heterocycles. The molecule has 4 heteroatoms. The van der Waals surface area contributed by atoms with Crippen LogP contribution in [-0.4, -0.2) is 23.7 Å². The summed E-state index contributed by atoms with van der Waals surface area (Å²) < 4.78 is 5.60. The van der Waals surface area contributed by atoms with E-state index in [4.69, 9.17) is 4.74 Å². The molecule has 2 bridgehead atoms. The minimum atomic E-state index is -0.954. The molecule has 0 heterocycles. The number of carbonyl (C=O) groups is 2. The fourth-order valence-corrected chi connectivity index (χ4v) is 8.08. The maximum atomic E-state index is 12.7. The standard InChI is InChI=1S/C25H36O4/c1-5-16(2)21(26)29-15-25(22(27)28)11-6-10-23(4)19-8-7-18-14-24(19,13-17(18)3)12-9-20(23)25/h5,18-20H,3,6-15H2,1-2,4H3,(H,27,28)/b16-5-/t18-,19+,20+,23+,24-,25+/m1/s1. The number of fused-ring (bicyclic) bond motifs is 3. The Morgan fingerprint density at radius 1 is 1.21 bits per heavy atom. The summed E-state index contributed by atoms with van der Waals surface area (Å²) in [6.45, 7) is 10.3. The van der Waals surface area contributed by atoms with Gasteiger partial charge in [-0.2, -0.15) is 0 Å². The second-order valence-corrected chi connectivity index (χ2v) is 10.7. The number of carbonyl (C=O) groups excluding carboxylic acids is 1. The highest BCUT2D eigenvalue weighted by molar-refractivity contribution is 5.88. The van der Waals surface area contributed by atoms with Gasteiger partial charge in [0, 0.05) is 5.57 Å². The molecule has 1 spiro atoms. The van der Waals surface area contributed by atoms with E-state index in [2.05, 4.69) is 13.5 Å². The van der Waals surface area contributed by atoms with Crippen LogP contribution in [0, 0.1) is 34.0 Å². The van der Waals surface area contributed by atoms with E-state index in [9.17, 15) is 14.7 Å². The van der Waals surface area contributed by atoms with Crippen LogP contribution >= 0.6 is 0 Å². The summed E-state index contributed by atoms with van der Waals surface area (Å²) >= 11 is 0. The van der Waals surface area contributed by atoms with Crippen molar-refractivity contribution in [3.05, 3.63) is 23.8 Å². The molecular formula is C25H36O4. The number of hydrogen-bond donors (Lipinski definition) is 1. The molecule has 160 valence electrons. The lowest BCUT2D eigenvalue weighted by Gasteiger charge is -2.63. The highest BCUT2D eigenvalue weighted by Crippen LogP contribution is 2.72. The maximum absolute atomic E-state index is 12.7. The first-order chi connectivity index (χ1) is 13.7. The average Bonchev–Trinajstić information content (AvgIpc) is 2.92. The Bertz CT molecular complexity index is 767. The normalized spacial score (nSPS) is 44.0. The SMILES string of the molecule is C=C1C[C@@]23CC[C@@H]4[C@](COC(=O)/C(C)=C\C)(C(=O)O)CCC[C@@]4(C)[C@@H]2CC[C@@H]1C3. The van der Waals surface area contributed by atoms with E-state index in [1.807, 2.05) is 0 Å². The molecule has 6 atom stereocenters. The molecule has 0 amide bonds. The zero-order valence-electron chi connectivity index (χ0n) is 18.3. The third-order valence-electron chi connectivity index (χ3n) is 9.52. The van der Waals surface area contributed by atoms with Crippen LogP contribution in [0.2, 0.25) is 0 Å². The summed E-state index contributed by atoms with van der Waals surface area (Å²) in [4.78, 5) is 25.0. The molecule has 4 fully saturated rings. The molecular weight excluding hydrogens is 364 g/mol. The van der Waals surface area contributed by atoms with Crippen LogP contribution in [0.15, 0.2) is 23.8 Å². The minimum absolute atomic E-state index is 0.00164. The van der Waals surface area contributed by atoms with Crippen molar-refractivity contribution >= 4 is 11.9 Å². The topological polar surface area (TPSA) is 63.6 Å². The van der Waals surface area contributed by atoms with E-state index in [0.29, 0.717) is 29.2 Å². The van der Waals surface area contributed by atoms with Gasteiger partial charge in [0.25, 0.3) is 0 Å². The Morgan fingerprint density at radius 2 is 1.97 bits per heavy atom. The first-order valence-electron chi connectivity index (χ1n) is 11.4. The Morgan fingerprint density at radius 3 is 2.66 bits per heavy atom. The Labute approximate surface area is 174 Å². The molecule has 0 aromatic rings. The van der Waals surface area contributed by atoms with Gasteiger partial charge in [-0.1, -0.05) is 31.6 Å². The van der Waals surface area contributed by atoms with Gasteiger partial charge in [-0.05, 0) is 93.8 Å². The molecule has 0 aromatic heterocycles. The third-order valence-corrected chi connectivity index (χ3v) is 9.52. The number of carboxylic acid groups (broad SMARTS) is 1. The maximum Gasteiger partial charge on any atom is 0.333 e. The fraction of sp³-hybridized carbons (Fsp3) is 0.760. The van der Waals surface area contributed by atoms with E-state index in [-0.39, 0.29) is 23.9 Å². The molecule has 0 unspecified atom stereocenters. The summed E-state index contributed by atoms with van der Waals surface area (Å²) in [6, 6.07) is 0. The fourth-order valence-electron chi connectivity index (χ4n) is 8.08. The monoisotopic (exact) mass is 400 g/mol. The molecule has 29 heavy (non-hydrogen) atoms. The number of esters is 1. The number of rotatable bonds is 4. The molecule has 1 N–H and O–H groups in total. The zero-order chi connectivity index (χ0) is 21.0. The van der Waals surface area contributed by atoms with E-state index in [1.54, 1.807) is 19.9 Å². The second-order valence-electron chi connectivity index (χ2n) is 10.7. The van der Waals surface area contributed by atoms with E-state index in [0.717, 1.165) is 32.1 Å². The van der Waals surface area contributed by atoms with Crippen molar-refractivity contribution in [3.8, 4) is 0 Å². The number of carboxylic acids is 1. The smallest absolute Gasteiger partial charge is 0.333 e. The zero-order valence-corrected chi connectivity index (χ0v) is 18.3. The van der Waals surface area contributed by atoms with Crippen LogP contribution in [0.4, 0.5) is 0 Å². The predicted molar refractivity (Wildman–Crippen MR) is 112 cm³/mol. The van der Waals surface area contributed by atoms with Crippen molar-refractivity contribution in [2.24, 2.45) is 34.0 Å². The van der Waals surface area contributed by atoms with Gasteiger partial charge in [0.15, 0.2) is 0 Å². The van der Waals surface area contributed by atoms with Crippen molar-refractivity contribution in [2.45, 2.75) is 78.6 Å².